The third kappa shape index (κ3) is 3.51. The molecule has 1 saturated heterocycles. The maximum Gasteiger partial charge on any atom is 0.243 e. The number of carbonyl (C=O) groups excluding carboxylic acids is 3. The van der Waals surface area contributed by atoms with E-state index in [1.54, 1.807) is 22.6 Å². The predicted molar refractivity (Wildman–Crippen MR) is 85.3 cm³/mol. The van der Waals surface area contributed by atoms with E-state index in [1.807, 2.05) is 34.0 Å². The van der Waals surface area contributed by atoms with Gasteiger partial charge in [0.15, 0.2) is 3.79 Å². The van der Waals surface area contributed by atoms with Gasteiger partial charge >= 0.3 is 0 Å². The van der Waals surface area contributed by atoms with Gasteiger partial charge in [-0.1, -0.05) is 13.8 Å². The number of hydrogen-bond acceptors (Lipinski definition) is 4. The fourth-order valence-electron chi connectivity index (χ4n) is 2.65. The highest BCUT2D eigenvalue weighted by Crippen LogP contribution is 2.38. The number of imide groups is 1. The molecule has 0 saturated carbocycles. The number of amides is 2. The fraction of sp³-hybridized carbons (Fsp3) is 0.769. The van der Waals surface area contributed by atoms with Crippen molar-refractivity contribution in [1.82, 2.24) is 4.90 Å². The Balaban J connectivity index is 2.98. The summed E-state index contributed by atoms with van der Waals surface area (Å²) in [5.41, 5.74) is -1.19. The zero-order valence-electron chi connectivity index (χ0n) is 11.9. The van der Waals surface area contributed by atoms with E-state index in [1.165, 1.54) is 16.7 Å². The summed E-state index contributed by atoms with van der Waals surface area (Å²) < 4.78 is 0.0405. The summed E-state index contributed by atoms with van der Waals surface area (Å²) in [7, 11) is 0. The number of thioether (sulfide) groups is 1. The van der Waals surface area contributed by atoms with Crippen LogP contribution in [0.2, 0.25) is 0 Å². The molecule has 108 valence electrons. The third-order valence-electron chi connectivity index (χ3n) is 3.40. The quantitative estimate of drug-likeness (QED) is 0.407. The molecule has 1 aliphatic rings. The Morgan fingerprint density at radius 3 is 2.26 bits per heavy atom. The van der Waals surface area contributed by atoms with Gasteiger partial charge in [0.1, 0.15) is 0 Å². The van der Waals surface area contributed by atoms with Crippen LogP contribution >= 0.6 is 34.4 Å². The van der Waals surface area contributed by atoms with Crippen LogP contribution in [-0.4, -0.2) is 37.5 Å². The van der Waals surface area contributed by atoms with Gasteiger partial charge in [0.05, 0.1) is 5.25 Å². The smallest absolute Gasteiger partial charge is 0.243 e. The Kier molecular flexibility index (Phi) is 5.09. The zero-order valence-corrected chi connectivity index (χ0v) is 14.9. The molecule has 0 aliphatic carbocycles. The van der Waals surface area contributed by atoms with Crippen LogP contribution in [0.1, 0.15) is 40.5 Å². The van der Waals surface area contributed by atoms with Crippen molar-refractivity contribution in [2.45, 2.75) is 51.3 Å². The van der Waals surface area contributed by atoms with Gasteiger partial charge < -0.3 is 0 Å². The maximum atomic E-state index is 12.2. The summed E-state index contributed by atoms with van der Waals surface area (Å²) in [5, 5.41) is -0.273. The Bertz CT molecular complexity index is 420. The molecule has 19 heavy (non-hydrogen) atoms. The van der Waals surface area contributed by atoms with Crippen molar-refractivity contribution in [2.24, 2.45) is 5.41 Å². The Hall–Kier alpha value is -0.110. The van der Waals surface area contributed by atoms with Crippen LogP contribution in [0, 0.1) is 5.41 Å². The molecule has 0 aromatic rings. The molecule has 0 spiro atoms. The van der Waals surface area contributed by atoms with Gasteiger partial charge in [-0.2, -0.15) is 11.8 Å². The molecule has 2 amide bonds. The van der Waals surface area contributed by atoms with E-state index in [9.17, 15) is 14.4 Å². The maximum absolute atomic E-state index is 12.2. The van der Waals surface area contributed by atoms with Crippen molar-refractivity contribution in [1.29, 1.82) is 0 Å². The van der Waals surface area contributed by atoms with E-state index in [0.29, 0.717) is 6.42 Å². The standard InChI is InChI=1S/C13H20INO3S/c1-12(2,11(14)18)7-13(3,4)15-9(16)6-8(19-5)10(15)17/h8H,6-7H2,1-5H3. The number of nitrogens with zero attached hydrogens (tertiary/aromatic N) is 1. The summed E-state index contributed by atoms with van der Waals surface area (Å²) in [6.07, 6.45) is 2.58. The molecule has 1 aliphatic heterocycles. The molecule has 4 nitrogen and oxygen atoms in total. The van der Waals surface area contributed by atoms with Gasteiger partial charge in [-0.3, -0.25) is 19.3 Å². The monoisotopic (exact) mass is 397 g/mol. The molecule has 0 bridgehead atoms. The topological polar surface area (TPSA) is 54.5 Å². The summed E-state index contributed by atoms with van der Waals surface area (Å²) in [6, 6.07) is 0. The summed E-state index contributed by atoms with van der Waals surface area (Å²) >= 11 is 3.19. The predicted octanol–water partition coefficient (Wildman–Crippen LogP) is 2.63. The molecule has 1 atom stereocenters. The van der Waals surface area contributed by atoms with Crippen LogP contribution in [0.25, 0.3) is 0 Å². The van der Waals surface area contributed by atoms with Crippen LogP contribution in [0.3, 0.4) is 0 Å². The first-order valence-corrected chi connectivity index (χ1v) is 8.49. The van der Waals surface area contributed by atoms with Crippen LogP contribution in [0.5, 0.6) is 0 Å². The molecule has 0 N–H and O–H groups in total. The van der Waals surface area contributed by atoms with Gasteiger partial charge in [0, 0.05) is 40.0 Å². The van der Waals surface area contributed by atoms with Crippen LogP contribution in [0.4, 0.5) is 0 Å². The lowest BCUT2D eigenvalue weighted by Crippen LogP contribution is -2.51. The van der Waals surface area contributed by atoms with E-state index in [4.69, 9.17) is 0 Å². The molecular formula is C13H20INO3S. The SMILES string of the molecule is CSC1CC(=O)N(C(C)(C)CC(C)(C)C(=O)I)C1=O. The highest BCUT2D eigenvalue weighted by atomic mass is 127. The van der Waals surface area contributed by atoms with Gasteiger partial charge in [-0.25, -0.2) is 0 Å². The van der Waals surface area contributed by atoms with Crippen molar-refractivity contribution >= 4 is 50.0 Å². The van der Waals surface area contributed by atoms with Gasteiger partial charge in [-0.15, -0.1) is 0 Å². The number of rotatable bonds is 5. The second-order valence-electron chi connectivity index (χ2n) is 6.14. The van der Waals surface area contributed by atoms with E-state index in [2.05, 4.69) is 0 Å². The third-order valence-corrected chi connectivity index (χ3v) is 5.80. The molecule has 0 radical (unpaired) electrons. The first kappa shape index (κ1) is 16.9. The van der Waals surface area contributed by atoms with Crippen molar-refractivity contribution in [3.05, 3.63) is 0 Å². The molecule has 1 rings (SSSR count). The minimum Gasteiger partial charge on any atom is -0.287 e. The number of halogens is 1. The molecule has 1 fully saturated rings. The molecule has 0 aromatic heterocycles. The van der Waals surface area contributed by atoms with Gasteiger partial charge in [0.25, 0.3) is 0 Å². The van der Waals surface area contributed by atoms with Gasteiger partial charge in [0.2, 0.25) is 11.8 Å². The van der Waals surface area contributed by atoms with Crippen molar-refractivity contribution in [2.75, 3.05) is 6.26 Å². The second-order valence-corrected chi connectivity index (χ2v) is 8.16. The minimum atomic E-state index is -0.636. The summed E-state index contributed by atoms with van der Waals surface area (Å²) in [5.74, 6) is -0.259. The number of hydrogen-bond donors (Lipinski definition) is 0. The van der Waals surface area contributed by atoms with E-state index < -0.39 is 11.0 Å². The van der Waals surface area contributed by atoms with Gasteiger partial charge in [-0.05, 0) is 26.5 Å². The minimum absolute atomic E-state index is 0.0405. The number of likely N-dealkylation sites (tertiary alicyclic amines) is 1. The largest absolute Gasteiger partial charge is 0.287 e. The lowest BCUT2D eigenvalue weighted by Gasteiger charge is -2.39. The van der Waals surface area contributed by atoms with Crippen LogP contribution in [-0.2, 0) is 14.4 Å². The Morgan fingerprint density at radius 2 is 1.89 bits per heavy atom. The highest BCUT2D eigenvalue weighted by molar-refractivity contribution is 14.1. The highest BCUT2D eigenvalue weighted by Gasteiger charge is 2.48. The summed E-state index contributed by atoms with van der Waals surface area (Å²) in [4.78, 5) is 37.3. The second kappa shape index (κ2) is 5.71. The first-order chi connectivity index (χ1) is 8.53. The summed E-state index contributed by atoms with van der Waals surface area (Å²) in [6.45, 7) is 7.40. The molecular weight excluding hydrogens is 377 g/mol. The fourth-order valence-corrected chi connectivity index (χ4v) is 3.46. The normalized spacial score (nSPS) is 21.2. The van der Waals surface area contributed by atoms with Crippen molar-refractivity contribution in [3.63, 3.8) is 0 Å². The molecule has 0 aromatic carbocycles. The van der Waals surface area contributed by atoms with Crippen molar-refractivity contribution < 1.29 is 14.4 Å². The molecule has 1 heterocycles. The number of carbonyl (C=O) groups is 3. The van der Waals surface area contributed by atoms with E-state index in [-0.39, 0.29) is 27.3 Å². The average Bonchev–Trinajstić information content (AvgIpc) is 2.52. The first-order valence-electron chi connectivity index (χ1n) is 6.12. The average molecular weight is 397 g/mol. The van der Waals surface area contributed by atoms with Crippen LogP contribution < -0.4 is 0 Å². The molecule has 6 heteroatoms. The van der Waals surface area contributed by atoms with Crippen LogP contribution in [0.15, 0.2) is 0 Å². The lowest BCUT2D eigenvalue weighted by molar-refractivity contribution is -0.146. The Morgan fingerprint density at radius 1 is 1.37 bits per heavy atom. The van der Waals surface area contributed by atoms with E-state index in [0.717, 1.165) is 0 Å². The Labute approximate surface area is 132 Å². The van der Waals surface area contributed by atoms with Crippen molar-refractivity contribution in [3.8, 4) is 0 Å². The zero-order chi connectivity index (χ0) is 15.0. The lowest BCUT2D eigenvalue weighted by atomic mass is 9.80. The molecule has 1 unspecified atom stereocenters. The van der Waals surface area contributed by atoms with E-state index >= 15 is 0 Å².